The highest BCUT2D eigenvalue weighted by Crippen LogP contribution is 2.39. The minimum atomic E-state index is -3.28. The maximum absolute atomic E-state index is 13.0. The molecule has 16 heteroatoms. The summed E-state index contributed by atoms with van der Waals surface area (Å²) in [6, 6.07) is 4.03. The van der Waals surface area contributed by atoms with Gasteiger partial charge in [-0.05, 0) is 17.5 Å². The van der Waals surface area contributed by atoms with Crippen LogP contribution in [0.2, 0.25) is 0 Å². The van der Waals surface area contributed by atoms with E-state index in [2.05, 4.69) is 20.3 Å². The van der Waals surface area contributed by atoms with E-state index in [0.29, 0.717) is 10.7 Å². The minimum Gasteiger partial charge on any atom is -0.477 e. The molecule has 0 bridgehead atoms. The van der Waals surface area contributed by atoms with Crippen LogP contribution in [0.5, 0.6) is 0 Å². The summed E-state index contributed by atoms with van der Waals surface area (Å²) < 4.78 is 27.0. The largest absolute Gasteiger partial charge is 0.477 e. The summed E-state index contributed by atoms with van der Waals surface area (Å²) in [5.74, 6) is -2.58. The number of amides is 2. The van der Waals surface area contributed by atoms with E-state index in [4.69, 9.17) is 5.73 Å². The molecular formula is C21H17F2N6O5S3+. The molecule has 11 nitrogen and oxygen atoms in total. The van der Waals surface area contributed by atoms with Gasteiger partial charge in [-0.25, -0.2) is 9.78 Å². The molecule has 0 aromatic carbocycles. The summed E-state index contributed by atoms with van der Waals surface area (Å²) in [5, 5.41) is 19.9. The van der Waals surface area contributed by atoms with E-state index >= 15 is 0 Å². The molecule has 4 N–H and O–H groups in total. The number of nitrogen functional groups attached to an aromatic ring is 1. The number of anilines is 1. The molecule has 3 aromatic heterocycles. The molecule has 2 amide bonds. The Labute approximate surface area is 219 Å². The van der Waals surface area contributed by atoms with Crippen LogP contribution in [-0.4, -0.2) is 62.9 Å². The number of thioether (sulfide) groups is 1. The maximum atomic E-state index is 13.0. The van der Waals surface area contributed by atoms with Crippen molar-refractivity contribution in [3.63, 3.8) is 0 Å². The highest BCUT2D eigenvalue weighted by molar-refractivity contribution is 8.03. The molecule has 3 aromatic rings. The maximum Gasteiger partial charge on any atom is 0.407 e. The normalized spacial score (nSPS) is 19.7. The molecule has 5 heterocycles. The lowest BCUT2D eigenvalue weighted by molar-refractivity contribution is -0.659. The molecule has 0 radical (unpaired) electrons. The molecule has 2 unspecified atom stereocenters. The highest BCUT2D eigenvalue weighted by Gasteiger charge is 2.54. The molecule has 5 rings (SSSR count). The average molecular weight is 568 g/mol. The highest BCUT2D eigenvalue weighted by atomic mass is 32.2. The van der Waals surface area contributed by atoms with Crippen molar-refractivity contribution in [1.82, 2.24) is 15.2 Å². The zero-order chi connectivity index (χ0) is 26.3. The lowest BCUT2D eigenvalue weighted by Gasteiger charge is -2.49. The number of nitrogens with one attached hydrogen (secondary N) is 1. The first-order valence-corrected chi connectivity index (χ1v) is 13.3. The van der Waals surface area contributed by atoms with Crippen LogP contribution in [0.4, 0.5) is 13.9 Å². The van der Waals surface area contributed by atoms with Crippen molar-refractivity contribution < 1.29 is 37.7 Å². The first kappa shape index (κ1) is 25.0. The number of nitrogens with two attached hydrogens (primary N) is 1. The number of aliphatic carboxylic acids is 1. The summed E-state index contributed by atoms with van der Waals surface area (Å²) in [7, 11) is 0. The van der Waals surface area contributed by atoms with Crippen molar-refractivity contribution in [2.24, 2.45) is 5.16 Å². The fourth-order valence-corrected chi connectivity index (χ4v) is 6.74. The van der Waals surface area contributed by atoms with E-state index in [1.165, 1.54) is 28.5 Å². The summed E-state index contributed by atoms with van der Waals surface area (Å²) in [6.45, 7) is -3.03. The van der Waals surface area contributed by atoms with Crippen LogP contribution in [0.1, 0.15) is 5.69 Å². The second kappa shape index (κ2) is 10.0. The van der Waals surface area contributed by atoms with Gasteiger partial charge in [-0.3, -0.25) is 14.5 Å². The Morgan fingerprint density at radius 1 is 1.38 bits per heavy atom. The topological polar surface area (TPSA) is 151 Å². The third-order valence-electron chi connectivity index (χ3n) is 5.64. The second-order valence-electron chi connectivity index (χ2n) is 7.81. The standard InChI is InChI=1S/C21H16F2N6O5S3/c22-20(23)34-27-13(10-7-37-21(24)25-10)16(30)26-14-11-8-36-12(15(19(32)33)29(11)17(14)31)6-28-4-1-2-9-3-5-35-18(9)28/h1-5,7,11,14,20H,6,8H2,(H3-,24,25,26,30,32,33)/p+1. The van der Waals surface area contributed by atoms with Crippen LogP contribution >= 0.6 is 34.4 Å². The summed E-state index contributed by atoms with van der Waals surface area (Å²) in [4.78, 5) is 48.5. The van der Waals surface area contributed by atoms with Crippen molar-refractivity contribution in [2.45, 2.75) is 25.2 Å². The molecule has 1 fully saturated rings. The number of fused-ring (bicyclic) bond motifs is 2. The number of thiophene rings is 1. The number of aromatic nitrogens is 2. The predicted octanol–water partition coefficient (Wildman–Crippen LogP) is 1.61. The third-order valence-corrected chi connectivity index (χ3v) is 8.46. The monoisotopic (exact) mass is 567 g/mol. The molecule has 1 saturated heterocycles. The van der Waals surface area contributed by atoms with Crippen LogP contribution in [0.25, 0.3) is 10.2 Å². The molecular weight excluding hydrogens is 550 g/mol. The Morgan fingerprint density at radius 3 is 2.89 bits per heavy atom. The summed E-state index contributed by atoms with van der Waals surface area (Å²) >= 11 is 3.76. The number of pyridine rings is 1. The Morgan fingerprint density at radius 2 is 2.19 bits per heavy atom. The molecule has 2 aliphatic heterocycles. The minimum absolute atomic E-state index is 0.0713. The zero-order valence-electron chi connectivity index (χ0n) is 18.5. The SMILES string of the molecule is Nc1nc(C(=NOC(F)F)C(=O)NC2C(=O)N3C(C(=O)O)=C(C[n+]4cccc5ccsc54)SCC23)cs1. The number of thiazole rings is 1. The number of carbonyl (C=O) groups is 3. The number of halogens is 2. The van der Waals surface area contributed by atoms with E-state index in [1.807, 2.05) is 34.3 Å². The molecule has 0 spiro atoms. The number of nitrogens with zero attached hydrogens (tertiary/aromatic N) is 4. The Kier molecular flexibility index (Phi) is 6.78. The lowest BCUT2D eigenvalue weighted by Crippen LogP contribution is -2.73. The van der Waals surface area contributed by atoms with Crippen LogP contribution in [0.15, 0.2) is 50.9 Å². The van der Waals surface area contributed by atoms with Crippen molar-refractivity contribution in [3.8, 4) is 0 Å². The number of carbonyl (C=O) groups excluding carboxylic acids is 2. The van der Waals surface area contributed by atoms with Crippen LogP contribution in [0.3, 0.4) is 0 Å². The summed E-state index contributed by atoms with van der Waals surface area (Å²) in [6.07, 6.45) is 1.84. The van der Waals surface area contributed by atoms with E-state index in [0.717, 1.165) is 26.5 Å². The second-order valence-corrected chi connectivity index (χ2v) is 10.7. The van der Waals surface area contributed by atoms with Gasteiger partial charge >= 0.3 is 12.6 Å². The predicted molar refractivity (Wildman–Crippen MR) is 132 cm³/mol. The van der Waals surface area contributed by atoms with Crippen molar-refractivity contribution in [3.05, 3.63) is 51.5 Å². The molecule has 2 atom stereocenters. The van der Waals surface area contributed by atoms with Gasteiger partial charge in [0.05, 0.1) is 16.3 Å². The van der Waals surface area contributed by atoms with Gasteiger partial charge in [0.2, 0.25) is 0 Å². The molecule has 0 saturated carbocycles. The zero-order valence-corrected chi connectivity index (χ0v) is 21.0. The first-order chi connectivity index (χ1) is 17.7. The number of alkyl halides is 2. The van der Waals surface area contributed by atoms with Crippen molar-refractivity contribution >= 4 is 73.3 Å². The van der Waals surface area contributed by atoms with E-state index < -0.39 is 42.2 Å². The number of oxime groups is 1. The number of carboxylic acids is 1. The van der Waals surface area contributed by atoms with E-state index in [-0.39, 0.29) is 23.1 Å². The van der Waals surface area contributed by atoms with Gasteiger partial charge in [0.15, 0.2) is 23.6 Å². The van der Waals surface area contributed by atoms with Gasteiger partial charge in [0.25, 0.3) is 16.6 Å². The van der Waals surface area contributed by atoms with Gasteiger partial charge in [0.1, 0.15) is 17.4 Å². The Bertz CT molecular complexity index is 1470. The van der Waals surface area contributed by atoms with Gasteiger partial charge in [0, 0.05) is 17.2 Å². The van der Waals surface area contributed by atoms with Gasteiger partial charge in [-0.2, -0.15) is 13.3 Å². The molecule has 37 heavy (non-hydrogen) atoms. The number of carboxylic acid groups (broad SMARTS) is 1. The molecule has 2 aliphatic rings. The van der Waals surface area contributed by atoms with Crippen molar-refractivity contribution in [1.29, 1.82) is 0 Å². The number of rotatable bonds is 8. The van der Waals surface area contributed by atoms with Gasteiger partial charge in [-0.15, -0.1) is 23.1 Å². The number of hydrogen-bond donors (Lipinski definition) is 3. The third kappa shape index (κ3) is 4.74. The smallest absolute Gasteiger partial charge is 0.407 e. The number of allylic oxidation sites excluding steroid dienone is 1. The average Bonchev–Trinajstić information content (AvgIpc) is 3.51. The first-order valence-electron chi connectivity index (χ1n) is 10.6. The van der Waals surface area contributed by atoms with Crippen molar-refractivity contribution in [2.75, 3.05) is 11.5 Å². The van der Waals surface area contributed by atoms with Crippen LogP contribution in [0, 0.1) is 0 Å². The lowest BCUT2D eigenvalue weighted by atomic mass is 9.94. The van der Waals surface area contributed by atoms with E-state index in [9.17, 15) is 28.3 Å². The Hall–Kier alpha value is -3.63. The number of β-lactam (4-membered cyclic amide) rings is 1. The fourth-order valence-electron chi connectivity index (χ4n) is 4.05. The van der Waals surface area contributed by atoms with Crippen LogP contribution < -0.4 is 15.6 Å². The summed E-state index contributed by atoms with van der Waals surface area (Å²) in [5.41, 5.74) is 4.72. The van der Waals surface area contributed by atoms with Crippen LogP contribution in [-0.2, 0) is 25.8 Å². The molecule has 192 valence electrons. The Balaban J connectivity index is 1.37. The fraction of sp³-hybridized carbons (Fsp3) is 0.238. The van der Waals surface area contributed by atoms with Gasteiger partial charge < -0.3 is 21.0 Å². The molecule has 0 aliphatic carbocycles. The quantitative estimate of drug-likeness (QED) is 0.161. The number of hydrogen-bond acceptors (Lipinski definition) is 10. The van der Waals surface area contributed by atoms with Gasteiger partial charge in [-0.1, -0.05) is 16.5 Å². The van der Waals surface area contributed by atoms with E-state index in [1.54, 1.807) is 0 Å².